The van der Waals surface area contributed by atoms with E-state index >= 15 is 0 Å². The summed E-state index contributed by atoms with van der Waals surface area (Å²) in [5.41, 5.74) is 2.27. The molecule has 2 aromatic rings. The maximum atomic E-state index is 5.79. The van der Waals surface area contributed by atoms with Gasteiger partial charge in [-0.25, -0.2) is 4.98 Å². The van der Waals surface area contributed by atoms with Gasteiger partial charge in [0, 0.05) is 19.2 Å². The van der Waals surface area contributed by atoms with Crippen LogP contribution in [0.5, 0.6) is 0 Å². The number of aliphatic imine (C=N–C) groups is 1. The van der Waals surface area contributed by atoms with Crippen LogP contribution in [0, 0.1) is 12.8 Å². The first-order valence-corrected chi connectivity index (χ1v) is 7.71. The summed E-state index contributed by atoms with van der Waals surface area (Å²) in [4.78, 5) is 8.52. The summed E-state index contributed by atoms with van der Waals surface area (Å²) in [6.45, 7) is 3.58. The molecule has 0 aliphatic heterocycles. The Kier molecular flexibility index (Phi) is 6.44. The van der Waals surface area contributed by atoms with Gasteiger partial charge in [0.2, 0.25) is 5.89 Å². The molecule has 1 aliphatic rings. The molecule has 2 N–H and O–H groups in total. The molecule has 1 saturated carbocycles. The molecule has 0 amide bonds. The maximum absolute atomic E-state index is 5.79. The van der Waals surface area contributed by atoms with Crippen LogP contribution in [0.25, 0.3) is 11.3 Å². The zero-order valence-corrected chi connectivity index (χ0v) is 15.8. The van der Waals surface area contributed by atoms with E-state index in [0.29, 0.717) is 12.4 Å². The number of benzene rings is 1. The lowest BCUT2D eigenvalue weighted by Crippen LogP contribution is -2.37. The Labute approximate surface area is 154 Å². The number of nitrogens with zero attached hydrogens (tertiary/aromatic N) is 2. The molecular formula is C17H23IN4O. The zero-order chi connectivity index (χ0) is 15.4. The Morgan fingerprint density at radius 1 is 1.26 bits per heavy atom. The molecule has 1 aliphatic carbocycles. The minimum Gasteiger partial charge on any atom is -0.439 e. The van der Waals surface area contributed by atoms with Crippen LogP contribution in [-0.2, 0) is 6.54 Å². The second-order valence-corrected chi connectivity index (χ2v) is 5.73. The summed E-state index contributed by atoms with van der Waals surface area (Å²) in [5, 5.41) is 6.54. The van der Waals surface area contributed by atoms with Gasteiger partial charge in [-0.3, -0.25) is 4.99 Å². The van der Waals surface area contributed by atoms with Crippen LogP contribution in [0.3, 0.4) is 0 Å². The third kappa shape index (κ3) is 5.23. The molecule has 0 radical (unpaired) electrons. The van der Waals surface area contributed by atoms with Crippen LogP contribution < -0.4 is 10.6 Å². The molecule has 0 spiro atoms. The van der Waals surface area contributed by atoms with Crippen LogP contribution in [0.1, 0.15) is 24.3 Å². The molecule has 0 saturated heterocycles. The maximum Gasteiger partial charge on any atom is 0.214 e. The van der Waals surface area contributed by atoms with Gasteiger partial charge in [-0.15, -0.1) is 24.0 Å². The van der Waals surface area contributed by atoms with Crippen molar-refractivity contribution in [2.45, 2.75) is 26.3 Å². The number of aromatic nitrogens is 1. The van der Waals surface area contributed by atoms with Gasteiger partial charge in [0.05, 0.1) is 12.7 Å². The van der Waals surface area contributed by atoms with Gasteiger partial charge < -0.3 is 15.1 Å². The van der Waals surface area contributed by atoms with Crippen molar-refractivity contribution in [1.29, 1.82) is 0 Å². The van der Waals surface area contributed by atoms with Crippen LogP contribution in [0.2, 0.25) is 0 Å². The average molecular weight is 426 g/mol. The van der Waals surface area contributed by atoms with E-state index in [4.69, 9.17) is 4.42 Å². The van der Waals surface area contributed by atoms with Crippen molar-refractivity contribution in [2.24, 2.45) is 10.9 Å². The summed E-state index contributed by atoms with van der Waals surface area (Å²) in [5.74, 6) is 3.05. The molecule has 1 aromatic carbocycles. The first-order valence-electron chi connectivity index (χ1n) is 7.71. The zero-order valence-electron chi connectivity index (χ0n) is 13.5. The summed E-state index contributed by atoms with van der Waals surface area (Å²) < 4.78 is 5.79. The lowest BCUT2D eigenvalue weighted by atomic mass is 10.1. The predicted octanol–water partition coefficient (Wildman–Crippen LogP) is 3.34. The highest BCUT2D eigenvalue weighted by Crippen LogP contribution is 2.27. The highest BCUT2D eigenvalue weighted by molar-refractivity contribution is 14.0. The molecule has 1 heterocycles. The molecule has 124 valence electrons. The molecule has 0 unspecified atom stereocenters. The van der Waals surface area contributed by atoms with Gasteiger partial charge in [-0.05, 0) is 25.7 Å². The number of rotatable bonds is 5. The van der Waals surface area contributed by atoms with Crippen molar-refractivity contribution < 1.29 is 4.42 Å². The smallest absolute Gasteiger partial charge is 0.214 e. The second-order valence-electron chi connectivity index (χ2n) is 5.73. The molecule has 6 heteroatoms. The molecule has 0 atom stereocenters. The highest BCUT2D eigenvalue weighted by Gasteiger charge is 2.21. The van der Waals surface area contributed by atoms with E-state index in [1.165, 1.54) is 18.4 Å². The Morgan fingerprint density at radius 2 is 2.00 bits per heavy atom. The lowest BCUT2D eigenvalue weighted by Gasteiger charge is -2.09. The Balaban J connectivity index is 0.00000192. The summed E-state index contributed by atoms with van der Waals surface area (Å²) in [6.07, 6.45) is 4.41. The van der Waals surface area contributed by atoms with Crippen LogP contribution in [-0.4, -0.2) is 24.5 Å². The van der Waals surface area contributed by atoms with Crippen LogP contribution in [0.15, 0.2) is 39.9 Å². The number of guanidine groups is 1. The van der Waals surface area contributed by atoms with Crippen molar-refractivity contribution in [2.75, 3.05) is 13.6 Å². The van der Waals surface area contributed by atoms with E-state index in [2.05, 4.69) is 39.7 Å². The fraction of sp³-hybridized carbons (Fsp3) is 0.412. The molecule has 1 fully saturated rings. The topological polar surface area (TPSA) is 62.5 Å². The van der Waals surface area contributed by atoms with Gasteiger partial charge >= 0.3 is 0 Å². The number of oxazole rings is 1. The van der Waals surface area contributed by atoms with E-state index in [9.17, 15) is 0 Å². The van der Waals surface area contributed by atoms with Gasteiger partial charge in [0.1, 0.15) is 0 Å². The average Bonchev–Trinajstić information content (AvgIpc) is 3.25. The molecule has 5 nitrogen and oxygen atoms in total. The molecular weight excluding hydrogens is 403 g/mol. The molecule has 0 bridgehead atoms. The Bertz CT molecular complexity index is 647. The number of halogens is 1. The van der Waals surface area contributed by atoms with Gasteiger partial charge in [-0.1, -0.05) is 29.8 Å². The summed E-state index contributed by atoms with van der Waals surface area (Å²) >= 11 is 0. The third-order valence-electron chi connectivity index (χ3n) is 3.78. The van der Waals surface area contributed by atoms with Gasteiger partial charge in [0.15, 0.2) is 11.7 Å². The monoisotopic (exact) mass is 426 g/mol. The lowest BCUT2D eigenvalue weighted by molar-refractivity contribution is 0.497. The molecule has 23 heavy (non-hydrogen) atoms. The SMILES string of the molecule is CN=C(NCc1ncc(-c2ccc(C)cc2)o1)NCC1CC1.I. The minimum absolute atomic E-state index is 0. The van der Waals surface area contributed by atoms with Crippen molar-refractivity contribution in [3.05, 3.63) is 41.9 Å². The van der Waals surface area contributed by atoms with Gasteiger partial charge in [-0.2, -0.15) is 0 Å². The summed E-state index contributed by atoms with van der Waals surface area (Å²) in [7, 11) is 1.77. The van der Waals surface area contributed by atoms with E-state index in [1.54, 1.807) is 13.2 Å². The standard InChI is InChI=1S/C17H22N4O.HI/c1-12-3-7-14(8-4-12)15-10-19-16(22-15)11-21-17(18-2)20-9-13-5-6-13;/h3-4,7-8,10,13H,5-6,9,11H2,1-2H3,(H2,18,20,21);1H. The fourth-order valence-corrected chi connectivity index (χ4v) is 2.19. The van der Waals surface area contributed by atoms with E-state index in [0.717, 1.165) is 29.7 Å². The van der Waals surface area contributed by atoms with E-state index in [-0.39, 0.29) is 24.0 Å². The first-order chi connectivity index (χ1) is 10.7. The highest BCUT2D eigenvalue weighted by atomic mass is 127. The quantitative estimate of drug-likeness (QED) is 0.438. The van der Waals surface area contributed by atoms with Crippen molar-refractivity contribution >= 4 is 29.9 Å². The third-order valence-corrected chi connectivity index (χ3v) is 3.78. The van der Waals surface area contributed by atoms with Crippen LogP contribution in [0.4, 0.5) is 0 Å². The molecule has 3 rings (SSSR count). The van der Waals surface area contributed by atoms with E-state index < -0.39 is 0 Å². The minimum atomic E-state index is 0. The number of nitrogens with one attached hydrogen (secondary N) is 2. The largest absolute Gasteiger partial charge is 0.439 e. The van der Waals surface area contributed by atoms with Crippen molar-refractivity contribution in [1.82, 2.24) is 15.6 Å². The Hall–Kier alpha value is -1.57. The number of hydrogen-bond acceptors (Lipinski definition) is 3. The first kappa shape index (κ1) is 17.8. The number of hydrogen-bond donors (Lipinski definition) is 2. The van der Waals surface area contributed by atoms with E-state index in [1.807, 2.05) is 12.1 Å². The number of aryl methyl sites for hydroxylation is 1. The van der Waals surface area contributed by atoms with Crippen molar-refractivity contribution in [3.8, 4) is 11.3 Å². The van der Waals surface area contributed by atoms with Gasteiger partial charge in [0.25, 0.3) is 0 Å². The Morgan fingerprint density at radius 3 is 2.65 bits per heavy atom. The van der Waals surface area contributed by atoms with Crippen molar-refractivity contribution in [3.63, 3.8) is 0 Å². The van der Waals surface area contributed by atoms with Crippen LogP contribution >= 0.6 is 24.0 Å². The normalized spacial score (nSPS) is 14.3. The fourth-order valence-electron chi connectivity index (χ4n) is 2.19. The predicted molar refractivity (Wildman–Crippen MR) is 103 cm³/mol. The second kappa shape index (κ2) is 8.33. The molecule has 1 aromatic heterocycles. The summed E-state index contributed by atoms with van der Waals surface area (Å²) in [6, 6.07) is 8.23.